The van der Waals surface area contributed by atoms with Crippen molar-refractivity contribution in [1.82, 2.24) is 9.29 Å². The minimum Gasteiger partial charge on any atom is -0.357 e. The topological polar surface area (TPSA) is 82.6 Å². The first-order valence-corrected chi connectivity index (χ1v) is 11.5. The minimum absolute atomic E-state index is 0.201. The lowest BCUT2D eigenvalue weighted by atomic mass is 10.2. The van der Waals surface area contributed by atoms with Gasteiger partial charge in [-0.25, -0.2) is 13.4 Å². The molecule has 0 bridgehead atoms. The average Bonchev–Trinajstić information content (AvgIpc) is 2.76. The molecular formula is C21H28N4O3S. The number of rotatable bonds is 7. The number of pyridine rings is 1. The molecule has 0 spiro atoms. The summed E-state index contributed by atoms with van der Waals surface area (Å²) >= 11 is 0. The number of aromatic nitrogens is 1. The van der Waals surface area contributed by atoms with Crippen molar-refractivity contribution < 1.29 is 13.2 Å². The predicted octanol–water partition coefficient (Wildman–Crippen LogP) is 3.35. The second-order valence-corrected chi connectivity index (χ2v) is 8.96. The number of carbonyl (C=O) groups excluding carboxylic acids is 1. The van der Waals surface area contributed by atoms with Gasteiger partial charge in [0.15, 0.2) is 0 Å². The smallest absolute Gasteiger partial charge is 0.257 e. The molecule has 1 fully saturated rings. The van der Waals surface area contributed by atoms with Crippen molar-refractivity contribution in [2.75, 3.05) is 36.4 Å². The monoisotopic (exact) mass is 416 g/mol. The SMILES string of the molecule is CCN(CC)c1ccc(C(=O)Nc2cccc(S(=O)(=O)N3CCCCC3)c2)cn1. The Balaban J connectivity index is 1.73. The Hall–Kier alpha value is -2.45. The molecular weight excluding hydrogens is 388 g/mol. The normalized spacial score (nSPS) is 15.1. The second-order valence-electron chi connectivity index (χ2n) is 7.02. The highest BCUT2D eigenvalue weighted by atomic mass is 32.2. The van der Waals surface area contributed by atoms with Gasteiger partial charge in [-0.15, -0.1) is 0 Å². The van der Waals surface area contributed by atoms with E-state index < -0.39 is 10.0 Å². The lowest BCUT2D eigenvalue weighted by molar-refractivity contribution is 0.102. The Kier molecular flexibility index (Phi) is 6.87. The fourth-order valence-electron chi connectivity index (χ4n) is 3.45. The van der Waals surface area contributed by atoms with Gasteiger partial charge in [0.05, 0.1) is 10.5 Å². The zero-order valence-electron chi connectivity index (χ0n) is 17.0. The molecule has 2 heterocycles. The van der Waals surface area contributed by atoms with Gasteiger partial charge in [-0.2, -0.15) is 4.31 Å². The zero-order valence-corrected chi connectivity index (χ0v) is 17.8. The van der Waals surface area contributed by atoms with Crippen LogP contribution in [0, 0.1) is 0 Å². The quantitative estimate of drug-likeness (QED) is 0.748. The summed E-state index contributed by atoms with van der Waals surface area (Å²) in [6.45, 7) is 6.88. The third kappa shape index (κ3) is 4.94. The van der Waals surface area contributed by atoms with Crippen molar-refractivity contribution in [2.45, 2.75) is 38.0 Å². The van der Waals surface area contributed by atoms with Crippen LogP contribution in [-0.2, 0) is 10.0 Å². The summed E-state index contributed by atoms with van der Waals surface area (Å²) < 4.78 is 27.2. The highest BCUT2D eigenvalue weighted by molar-refractivity contribution is 7.89. The third-order valence-electron chi connectivity index (χ3n) is 5.14. The van der Waals surface area contributed by atoms with Crippen LogP contribution >= 0.6 is 0 Å². The summed E-state index contributed by atoms with van der Waals surface area (Å²) in [5.74, 6) is 0.497. The van der Waals surface area contributed by atoms with Crippen molar-refractivity contribution in [3.63, 3.8) is 0 Å². The Morgan fingerprint density at radius 3 is 2.45 bits per heavy atom. The first-order valence-electron chi connectivity index (χ1n) is 10.1. The summed E-state index contributed by atoms with van der Waals surface area (Å²) in [4.78, 5) is 19.2. The molecule has 29 heavy (non-hydrogen) atoms. The fraction of sp³-hybridized carbons (Fsp3) is 0.429. The molecule has 3 rings (SSSR count). The van der Waals surface area contributed by atoms with E-state index in [2.05, 4.69) is 29.0 Å². The van der Waals surface area contributed by atoms with Crippen LogP contribution in [0.3, 0.4) is 0 Å². The number of nitrogens with one attached hydrogen (secondary N) is 1. The Bertz CT molecular complexity index is 935. The molecule has 0 unspecified atom stereocenters. The van der Waals surface area contributed by atoms with Crippen molar-refractivity contribution in [3.8, 4) is 0 Å². The summed E-state index contributed by atoms with van der Waals surface area (Å²) in [6.07, 6.45) is 4.36. The molecule has 1 N–H and O–H groups in total. The van der Waals surface area contributed by atoms with Crippen LogP contribution in [0.4, 0.5) is 11.5 Å². The van der Waals surface area contributed by atoms with Crippen molar-refractivity contribution in [2.24, 2.45) is 0 Å². The van der Waals surface area contributed by atoms with Crippen LogP contribution < -0.4 is 10.2 Å². The van der Waals surface area contributed by atoms with E-state index >= 15 is 0 Å². The van der Waals surface area contributed by atoms with Gasteiger partial charge < -0.3 is 10.2 Å². The number of benzene rings is 1. The van der Waals surface area contributed by atoms with Crippen molar-refractivity contribution in [1.29, 1.82) is 0 Å². The molecule has 8 heteroatoms. The summed E-state index contributed by atoms with van der Waals surface area (Å²) in [5, 5.41) is 2.77. The molecule has 2 aromatic rings. The van der Waals surface area contributed by atoms with E-state index in [-0.39, 0.29) is 10.8 Å². The molecule has 1 aliphatic heterocycles. The number of nitrogens with zero attached hydrogens (tertiary/aromatic N) is 3. The van der Waals surface area contributed by atoms with E-state index in [1.54, 1.807) is 24.3 Å². The first kappa shape index (κ1) is 21.3. The number of sulfonamides is 1. The molecule has 156 valence electrons. The zero-order chi connectivity index (χ0) is 20.9. The molecule has 7 nitrogen and oxygen atoms in total. The van der Waals surface area contributed by atoms with E-state index in [4.69, 9.17) is 0 Å². The molecule has 0 saturated carbocycles. The first-order chi connectivity index (χ1) is 14.0. The number of carbonyl (C=O) groups is 1. The van der Waals surface area contributed by atoms with Crippen LogP contribution in [0.1, 0.15) is 43.5 Å². The van der Waals surface area contributed by atoms with Gasteiger partial charge in [-0.05, 0) is 57.0 Å². The van der Waals surface area contributed by atoms with Crippen molar-refractivity contribution in [3.05, 3.63) is 48.2 Å². The van der Waals surface area contributed by atoms with Crippen LogP contribution in [0.15, 0.2) is 47.5 Å². The Labute approximate surface area is 172 Å². The van der Waals surface area contributed by atoms with Gasteiger partial charge in [-0.1, -0.05) is 12.5 Å². The second kappa shape index (κ2) is 9.37. The standard InChI is InChI=1S/C21H28N4O3S/c1-3-24(4-2)20-12-11-17(16-22-20)21(26)23-18-9-8-10-19(15-18)29(27,28)25-13-6-5-7-14-25/h8-12,15-16H,3-7,13-14H2,1-2H3,(H,23,26). The fourth-order valence-corrected chi connectivity index (χ4v) is 5.01. The number of hydrogen-bond donors (Lipinski definition) is 1. The van der Waals surface area contributed by atoms with Gasteiger partial charge in [-0.3, -0.25) is 4.79 Å². The van der Waals surface area contributed by atoms with Crippen LogP contribution in [0.2, 0.25) is 0 Å². The maximum absolute atomic E-state index is 12.9. The maximum atomic E-state index is 12.9. The van der Waals surface area contributed by atoms with E-state index in [0.29, 0.717) is 24.3 Å². The summed E-state index contributed by atoms with van der Waals surface area (Å²) in [7, 11) is -3.54. The van der Waals surface area contributed by atoms with Gasteiger partial charge >= 0.3 is 0 Å². The van der Waals surface area contributed by atoms with Gasteiger partial charge in [0, 0.05) is 38.1 Å². The van der Waals surface area contributed by atoms with E-state index in [9.17, 15) is 13.2 Å². The number of amides is 1. The summed E-state index contributed by atoms with van der Waals surface area (Å²) in [6, 6.07) is 9.96. The lowest BCUT2D eigenvalue weighted by Crippen LogP contribution is -2.35. The maximum Gasteiger partial charge on any atom is 0.257 e. The molecule has 1 aromatic carbocycles. The molecule has 0 aliphatic carbocycles. The van der Waals surface area contributed by atoms with Crippen LogP contribution in [0.25, 0.3) is 0 Å². The molecule has 1 aliphatic rings. The highest BCUT2D eigenvalue weighted by Gasteiger charge is 2.26. The van der Waals surface area contributed by atoms with E-state index in [1.807, 2.05) is 6.07 Å². The largest absolute Gasteiger partial charge is 0.357 e. The summed E-state index contributed by atoms with van der Waals surface area (Å²) in [5.41, 5.74) is 0.867. The lowest BCUT2D eigenvalue weighted by Gasteiger charge is -2.26. The van der Waals surface area contributed by atoms with Crippen LogP contribution in [0.5, 0.6) is 0 Å². The van der Waals surface area contributed by atoms with E-state index in [0.717, 1.165) is 38.2 Å². The average molecular weight is 417 g/mol. The Morgan fingerprint density at radius 1 is 1.10 bits per heavy atom. The van der Waals surface area contributed by atoms with Gasteiger partial charge in [0.2, 0.25) is 10.0 Å². The predicted molar refractivity (Wildman–Crippen MR) is 115 cm³/mol. The Morgan fingerprint density at radius 2 is 1.83 bits per heavy atom. The molecule has 1 aromatic heterocycles. The van der Waals surface area contributed by atoms with E-state index in [1.165, 1.54) is 16.6 Å². The number of anilines is 2. The molecule has 0 atom stereocenters. The number of piperidine rings is 1. The molecule has 1 amide bonds. The molecule has 0 radical (unpaired) electrons. The minimum atomic E-state index is -3.54. The third-order valence-corrected chi connectivity index (χ3v) is 7.04. The highest BCUT2D eigenvalue weighted by Crippen LogP contribution is 2.23. The van der Waals surface area contributed by atoms with Gasteiger partial charge in [0.25, 0.3) is 5.91 Å². The van der Waals surface area contributed by atoms with Crippen molar-refractivity contribution >= 4 is 27.4 Å². The molecule has 1 saturated heterocycles. The van der Waals surface area contributed by atoms with Crippen LogP contribution in [-0.4, -0.2) is 49.8 Å². The number of hydrogen-bond acceptors (Lipinski definition) is 5. The van der Waals surface area contributed by atoms with Gasteiger partial charge in [0.1, 0.15) is 5.82 Å².